The average Bonchev–Trinajstić information content (AvgIpc) is 2.46. The molecule has 0 fully saturated rings. The maximum Gasteiger partial charge on any atom is 0.265 e. The van der Waals surface area contributed by atoms with Crippen LogP contribution < -0.4 is 10.1 Å². The van der Waals surface area contributed by atoms with Gasteiger partial charge in [0.2, 0.25) is 0 Å². The molecule has 0 bridgehead atoms. The third-order valence-electron chi connectivity index (χ3n) is 3.20. The highest BCUT2D eigenvalue weighted by molar-refractivity contribution is 5.94. The zero-order chi connectivity index (χ0) is 16.3. The zero-order valence-corrected chi connectivity index (χ0v) is 12.6. The molecule has 116 valence electrons. The van der Waals surface area contributed by atoms with Crippen LogP contribution in [-0.4, -0.2) is 12.0 Å². The van der Waals surface area contributed by atoms with Gasteiger partial charge in [0.15, 0.2) is 17.7 Å². The van der Waals surface area contributed by atoms with E-state index in [9.17, 15) is 13.6 Å². The van der Waals surface area contributed by atoms with E-state index in [1.807, 2.05) is 32.0 Å². The van der Waals surface area contributed by atoms with Crippen molar-refractivity contribution in [3.8, 4) is 5.75 Å². The Morgan fingerprint density at radius 3 is 2.50 bits per heavy atom. The van der Waals surface area contributed by atoms with Crippen LogP contribution in [0.15, 0.2) is 36.4 Å². The second kappa shape index (κ2) is 6.56. The lowest BCUT2D eigenvalue weighted by molar-refractivity contribution is -0.122. The molecule has 2 aromatic carbocycles. The van der Waals surface area contributed by atoms with Crippen LogP contribution in [0.4, 0.5) is 14.5 Å². The van der Waals surface area contributed by atoms with Gasteiger partial charge in [0.1, 0.15) is 5.75 Å². The van der Waals surface area contributed by atoms with Crippen molar-refractivity contribution in [3.63, 3.8) is 0 Å². The molecule has 1 atom stereocenters. The predicted molar refractivity (Wildman–Crippen MR) is 81.0 cm³/mol. The predicted octanol–water partition coefficient (Wildman–Crippen LogP) is 3.99. The van der Waals surface area contributed by atoms with E-state index in [1.165, 1.54) is 6.07 Å². The Balaban J connectivity index is 2.05. The maximum atomic E-state index is 13.1. The van der Waals surface area contributed by atoms with Crippen molar-refractivity contribution >= 4 is 11.6 Å². The van der Waals surface area contributed by atoms with Crippen molar-refractivity contribution in [1.29, 1.82) is 0 Å². The summed E-state index contributed by atoms with van der Waals surface area (Å²) >= 11 is 0. The van der Waals surface area contributed by atoms with Crippen LogP contribution in [0.3, 0.4) is 0 Å². The van der Waals surface area contributed by atoms with Crippen LogP contribution in [0.2, 0.25) is 0 Å². The summed E-state index contributed by atoms with van der Waals surface area (Å²) in [6.07, 6.45) is -0.770. The molecule has 0 heterocycles. The minimum atomic E-state index is -1.01. The van der Waals surface area contributed by atoms with Gasteiger partial charge in [-0.05, 0) is 50.1 Å². The fourth-order valence-corrected chi connectivity index (χ4v) is 1.90. The first-order chi connectivity index (χ1) is 10.4. The second-order valence-electron chi connectivity index (χ2n) is 5.15. The summed E-state index contributed by atoms with van der Waals surface area (Å²) in [6, 6.07) is 8.88. The van der Waals surface area contributed by atoms with Gasteiger partial charge >= 0.3 is 0 Å². The minimum absolute atomic E-state index is 0.181. The van der Waals surface area contributed by atoms with Gasteiger partial charge in [-0.2, -0.15) is 0 Å². The fourth-order valence-electron chi connectivity index (χ4n) is 1.90. The van der Waals surface area contributed by atoms with Gasteiger partial charge in [-0.3, -0.25) is 4.79 Å². The quantitative estimate of drug-likeness (QED) is 0.927. The van der Waals surface area contributed by atoms with Crippen molar-refractivity contribution in [2.75, 3.05) is 5.32 Å². The molecular weight excluding hydrogens is 288 g/mol. The van der Waals surface area contributed by atoms with Gasteiger partial charge in [0.25, 0.3) is 5.91 Å². The third-order valence-corrected chi connectivity index (χ3v) is 3.20. The van der Waals surface area contributed by atoms with E-state index < -0.39 is 23.6 Å². The van der Waals surface area contributed by atoms with E-state index in [4.69, 9.17) is 4.74 Å². The first-order valence-electron chi connectivity index (χ1n) is 6.86. The van der Waals surface area contributed by atoms with E-state index >= 15 is 0 Å². The second-order valence-corrected chi connectivity index (χ2v) is 5.15. The molecule has 2 aromatic rings. The van der Waals surface area contributed by atoms with E-state index in [0.717, 1.165) is 23.3 Å². The van der Waals surface area contributed by atoms with Crippen LogP contribution in [0.1, 0.15) is 18.1 Å². The number of anilines is 1. The molecule has 0 spiro atoms. The number of halogens is 2. The normalized spacial score (nSPS) is 11.9. The van der Waals surface area contributed by atoms with Crippen LogP contribution in [0.25, 0.3) is 0 Å². The number of amides is 1. The summed E-state index contributed by atoms with van der Waals surface area (Å²) in [5.41, 5.74) is 2.12. The van der Waals surface area contributed by atoms with Gasteiger partial charge in [-0.1, -0.05) is 12.1 Å². The summed E-state index contributed by atoms with van der Waals surface area (Å²) < 4.78 is 31.6. The summed E-state index contributed by atoms with van der Waals surface area (Å²) in [4.78, 5) is 12.1. The molecule has 22 heavy (non-hydrogen) atoms. The highest BCUT2D eigenvalue weighted by Gasteiger charge is 2.16. The Labute approximate surface area is 127 Å². The topological polar surface area (TPSA) is 38.3 Å². The van der Waals surface area contributed by atoms with Crippen molar-refractivity contribution < 1.29 is 18.3 Å². The van der Waals surface area contributed by atoms with E-state index in [2.05, 4.69) is 5.32 Å². The number of hydrogen-bond acceptors (Lipinski definition) is 2. The Hall–Kier alpha value is -2.43. The molecule has 0 radical (unpaired) electrons. The Kier molecular flexibility index (Phi) is 4.75. The maximum absolute atomic E-state index is 13.1. The number of nitrogens with one attached hydrogen (secondary N) is 1. The Morgan fingerprint density at radius 1 is 1.09 bits per heavy atom. The number of aryl methyl sites for hydroxylation is 2. The van der Waals surface area contributed by atoms with Gasteiger partial charge < -0.3 is 10.1 Å². The van der Waals surface area contributed by atoms with Crippen molar-refractivity contribution in [1.82, 2.24) is 0 Å². The van der Waals surface area contributed by atoms with Crippen LogP contribution in [0, 0.1) is 25.5 Å². The summed E-state index contributed by atoms with van der Waals surface area (Å²) in [6.45, 7) is 5.41. The molecule has 0 aromatic heterocycles. The average molecular weight is 305 g/mol. The van der Waals surface area contributed by atoms with E-state index in [-0.39, 0.29) is 5.69 Å². The molecule has 1 N–H and O–H groups in total. The molecule has 1 amide bonds. The molecule has 3 nitrogen and oxygen atoms in total. The number of hydrogen-bond donors (Lipinski definition) is 1. The number of benzene rings is 2. The lowest BCUT2D eigenvalue weighted by atomic mass is 10.1. The summed E-state index contributed by atoms with van der Waals surface area (Å²) in [7, 11) is 0. The Bertz CT molecular complexity index is 701. The standard InChI is InChI=1S/C17H17F2NO2/c1-10-4-5-11(2)16(8-10)22-12(3)17(21)20-13-6-7-14(18)15(19)9-13/h4-9,12H,1-3H3,(H,20,21). The van der Waals surface area contributed by atoms with Crippen LogP contribution >= 0.6 is 0 Å². The first kappa shape index (κ1) is 15.9. The monoisotopic (exact) mass is 305 g/mol. The van der Waals surface area contributed by atoms with Gasteiger partial charge in [0.05, 0.1) is 0 Å². The van der Waals surface area contributed by atoms with Gasteiger partial charge in [-0.15, -0.1) is 0 Å². The molecule has 0 aliphatic carbocycles. The SMILES string of the molecule is Cc1ccc(C)c(OC(C)C(=O)Nc2ccc(F)c(F)c2)c1. The Morgan fingerprint density at radius 2 is 1.82 bits per heavy atom. The summed E-state index contributed by atoms with van der Waals surface area (Å²) in [5, 5.41) is 2.49. The third kappa shape index (κ3) is 3.81. The molecule has 5 heteroatoms. The molecule has 0 saturated carbocycles. The highest BCUT2D eigenvalue weighted by atomic mass is 19.2. The number of rotatable bonds is 4. The molecule has 0 aliphatic rings. The minimum Gasteiger partial charge on any atom is -0.481 e. The van der Waals surface area contributed by atoms with Crippen molar-refractivity contribution in [3.05, 3.63) is 59.2 Å². The summed E-state index contributed by atoms with van der Waals surface area (Å²) in [5.74, 6) is -1.79. The molecule has 0 aliphatic heterocycles. The molecular formula is C17H17F2NO2. The van der Waals surface area contributed by atoms with Crippen molar-refractivity contribution in [2.24, 2.45) is 0 Å². The molecule has 2 rings (SSSR count). The number of carbonyl (C=O) groups excluding carboxylic acids is 1. The largest absolute Gasteiger partial charge is 0.481 e. The fraction of sp³-hybridized carbons (Fsp3) is 0.235. The van der Waals surface area contributed by atoms with Gasteiger partial charge in [0, 0.05) is 11.8 Å². The number of ether oxygens (including phenoxy) is 1. The van der Waals surface area contributed by atoms with Crippen LogP contribution in [-0.2, 0) is 4.79 Å². The first-order valence-corrected chi connectivity index (χ1v) is 6.86. The zero-order valence-electron chi connectivity index (χ0n) is 12.6. The number of carbonyl (C=O) groups is 1. The van der Waals surface area contributed by atoms with E-state index in [0.29, 0.717) is 5.75 Å². The highest BCUT2D eigenvalue weighted by Crippen LogP contribution is 2.21. The lowest BCUT2D eigenvalue weighted by Crippen LogP contribution is -2.30. The molecule has 0 saturated heterocycles. The van der Waals surface area contributed by atoms with Crippen molar-refractivity contribution in [2.45, 2.75) is 26.9 Å². The van der Waals surface area contributed by atoms with E-state index in [1.54, 1.807) is 6.92 Å². The molecule has 1 unspecified atom stereocenters. The smallest absolute Gasteiger partial charge is 0.265 e. The van der Waals surface area contributed by atoms with Gasteiger partial charge in [-0.25, -0.2) is 8.78 Å². The lowest BCUT2D eigenvalue weighted by Gasteiger charge is -2.16. The van der Waals surface area contributed by atoms with Crippen LogP contribution in [0.5, 0.6) is 5.75 Å².